The van der Waals surface area contributed by atoms with E-state index in [0.717, 1.165) is 36.3 Å². The standard InChI is InChI=1S/C18H22N2OS/c1-12-4-5-13(2)16(10-12)19-18(21)14(3)20-8-6-17-15(11-20)7-9-22-17/h4-5,7,9-10,14H,6,8,11H2,1-3H3,(H,19,21). The van der Waals surface area contributed by atoms with Crippen LogP contribution in [0, 0.1) is 13.8 Å². The third kappa shape index (κ3) is 3.08. The molecule has 0 radical (unpaired) electrons. The molecule has 1 N–H and O–H groups in total. The summed E-state index contributed by atoms with van der Waals surface area (Å²) in [6.07, 6.45) is 1.05. The number of carbonyl (C=O) groups excluding carboxylic acids is 1. The quantitative estimate of drug-likeness (QED) is 0.936. The topological polar surface area (TPSA) is 32.3 Å². The van der Waals surface area contributed by atoms with Crippen LogP contribution in [-0.2, 0) is 17.8 Å². The molecule has 2 aromatic rings. The van der Waals surface area contributed by atoms with E-state index in [1.807, 2.05) is 44.2 Å². The predicted octanol–water partition coefficient (Wildman–Crippen LogP) is 3.75. The van der Waals surface area contributed by atoms with Gasteiger partial charge in [-0.3, -0.25) is 9.69 Å². The van der Waals surface area contributed by atoms with Crippen molar-refractivity contribution in [2.24, 2.45) is 0 Å². The van der Waals surface area contributed by atoms with Gasteiger partial charge in [0.1, 0.15) is 0 Å². The number of nitrogens with zero attached hydrogens (tertiary/aromatic N) is 1. The summed E-state index contributed by atoms with van der Waals surface area (Å²) in [7, 11) is 0. The number of anilines is 1. The zero-order chi connectivity index (χ0) is 15.7. The van der Waals surface area contributed by atoms with E-state index in [1.54, 1.807) is 0 Å². The van der Waals surface area contributed by atoms with Crippen molar-refractivity contribution in [2.75, 3.05) is 11.9 Å². The predicted molar refractivity (Wildman–Crippen MR) is 92.4 cm³/mol. The second kappa shape index (κ2) is 6.23. The molecule has 3 rings (SSSR count). The summed E-state index contributed by atoms with van der Waals surface area (Å²) in [6.45, 7) is 7.90. The number of carbonyl (C=O) groups is 1. The highest BCUT2D eigenvalue weighted by molar-refractivity contribution is 7.10. The first kappa shape index (κ1) is 15.3. The summed E-state index contributed by atoms with van der Waals surface area (Å²) in [5, 5.41) is 5.24. The molecule has 4 heteroatoms. The van der Waals surface area contributed by atoms with E-state index in [2.05, 4.69) is 27.7 Å². The Bertz CT molecular complexity index is 692. The molecule has 116 valence electrons. The van der Waals surface area contributed by atoms with Crippen molar-refractivity contribution in [1.82, 2.24) is 4.90 Å². The molecule has 1 aromatic heterocycles. The lowest BCUT2D eigenvalue weighted by molar-refractivity contribution is -0.121. The van der Waals surface area contributed by atoms with Gasteiger partial charge in [-0.25, -0.2) is 0 Å². The van der Waals surface area contributed by atoms with Gasteiger partial charge in [0.2, 0.25) is 5.91 Å². The number of hydrogen-bond acceptors (Lipinski definition) is 3. The van der Waals surface area contributed by atoms with Crippen LogP contribution in [0.4, 0.5) is 5.69 Å². The van der Waals surface area contributed by atoms with Crippen molar-refractivity contribution in [1.29, 1.82) is 0 Å². The van der Waals surface area contributed by atoms with Crippen molar-refractivity contribution >= 4 is 22.9 Å². The number of hydrogen-bond donors (Lipinski definition) is 1. The fourth-order valence-electron chi connectivity index (χ4n) is 2.87. The minimum absolute atomic E-state index is 0.0763. The average molecular weight is 314 g/mol. The molecule has 2 heterocycles. The van der Waals surface area contributed by atoms with Gasteiger partial charge in [0.25, 0.3) is 0 Å². The first-order chi connectivity index (χ1) is 10.5. The lowest BCUT2D eigenvalue weighted by Gasteiger charge is -2.31. The van der Waals surface area contributed by atoms with Gasteiger partial charge < -0.3 is 5.32 Å². The molecule has 0 saturated heterocycles. The second-order valence-electron chi connectivity index (χ2n) is 6.07. The molecule has 1 aromatic carbocycles. The van der Waals surface area contributed by atoms with Crippen molar-refractivity contribution in [2.45, 2.75) is 39.8 Å². The molecule has 1 unspecified atom stereocenters. The highest BCUT2D eigenvalue weighted by Crippen LogP contribution is 2.25. The Hall–Kier alpha value is -1.65. The third-order valence-electron chi connectivity index (χ3n) is 4.42. The van der Waals surface area contributed by atoms with Gasteiger partial charge in [0.05, 0.1) is 6.04 Å². The summed E-state index contributed by atoms with van der Waals surface area (Å²) >= 11 is 1.83. The molecule has 1 amide bonds. The van der Waals surface area contributed by atoms with Crippen LogP contribution in [0.15, 0.2) is 29.6 Å². The Balaban J connectivity index is 1.69. The van der Waals surface area contributed by atoms with E-state index < -0.39 is 0 Å². The molecule has 0 fully saturated rings. The Morgan fingerprint density at radius 1 is 1.32 bits per heavy atom. The maximum Gasteiger partial charge on any atom is 0.241 e. The van der Waals surface area contributed by atoms with E-state index >= 15 is 0 Å². The van der Waals surface area contributed by atoms with E-state index in [1.165, 1.54) is 10.4 Å². The Morgan fingerprint density at radius 2 is 2.14 bits per heavy atom. The van der Waals surface area contributed by atoms with Crippen LogP contribution in [0.1, 0.15) is 28.5 Å². The molecule has 1 atom stereocenters. The largest absolute Gasteiger partial charge is 0.324 e. The second-order valence-corrected chi connectivity index (χ2v) is 7.07. The molecule has 1 aliphatic rings. The van der Waals surface area contributed by atoms with E-state index in [4.69, 9.17) is 0 Å². The minimum atomic E-state index is -0.118. The van der Waals surface area contributed by atoms with Gasteiger partial charge in [-0.1, -0.05) is 12.1 Å². The van der Waals surface area contributed by atoms with Gasteiger partial charge in [-0.15, -0.1) is 11.3 Å². The fraction of sp³-hybridized carbons (Fsp3) is 0.389. The zero-order valence-corrected chi connectivity index (χ0v) is 14.2. The van der Waals surface area contributed by atoms with Crippen molar-refractivity contribution in [3.8, 4) is 0 Å². The summed E-state index contributed by atoms with van der Waals surface area (Å²) in [6, 6.07) is 8.22. The van der Waals surface area contributed by atoms with Crippen LogP contribution in [0.2, 0.25) is 0 Å². The minimum Gasteiger partial charge on any atom is -0.324 e. The lowest BCUT2D eigenvalue weighted by Crippen LogP contribution is -2.44. The highest BCUT2D eigenvalue weighted by Gasteiger charge is 2.26. The molecule has 0 spiro atoms. The lowest BCUT2D eigenvalue weighted by atomic mass is 10.1. The normalized spacial score (nSPS) is 16.1. The highest BCUT2D eigenvalue weighted by atomic mass is 32.1. The Morgan fingerprint density at radius 3 is 2.95 bits per heavy atom. The molecular weight excluding hydrogens is 292 g/mol. The monoisotopic (exact) mass is 314 g/mol. The van der Waals surface area contributed by atoms with Gasteiger partial charge in [-0.2, -0.15) is 0 Å². The maximum atomic E-state index is 12.6. The number of aryl methyl sites for hydroxylation is 2. The van der Waals surface area contributed by atoms with E-state index in [9.17, 15) is 4.79 Å². The number of fused-ring (bicyclic) bond motifs is 1. The van der Waals surface area contributed by atoms with Crippen LogP contribution in [0.3, 0.4) is 0 Å². The van der Waals surface area contributed by atoms with Crippen molar-refractivity contribution in [3.05, 3.63) is 51.2 Å². The number of rotatable bonds is 3. The summed E-state index contributed by atoms with van der Waals surface area (Å²) < 4.78 is 0. The Labute approximate surface area is 136 Å². The van der Waals surface area contributed by atoms with E-state index in [-0.39, 0.29) is 11.9 Å². The van der Waals surface area contributed by atoms with Crippen molar-refractivity contribution < 1.29 is 4.79 Å². The molecule has 0 bridgehead atoms. The van der Waals surface area contributed by atoms with Crippen LogP contribution >= 0.6 is 11.3 Å². The summed E-state index contributed by atoms with van der Waals surface area (Å²) in [5.74, 6) is 0.0763. The first-order valence-corrected chi connectivity index (χ1v) is 8.60. The molecule has 0 aliphatic carbocycles. The van der Waals surface area contributed by atoms with Crippen LogP contribution < -0.4 is 5.32 Å². The third-order valence-corrected chi connectivity index (χ3v) is 5.44. The number of nitrogens with one attached hydrogen (secondary N) is 1. The number of benzene rings is 1. The van der Waals surface area contributed by atoms with Gasteiger partial charge in [0, 0.05) is 23.7 Å². The SMILES string of the molecule is Cc1ccc(C)c(NC(=O)C(C)N2CCc3sccc3C2)c1. The zero-order valence-electron chi connectivity index (χ0n) is 13.3. The molecule has 3 nitrogen and oxygen atoms in total. The summed E-state index contributed by atoms with van der Waals surface area (Å²) in [4.78, 5) is 16.3. The smallest absolute Gasteiger partial charge is 0.241 e. The van der Waals surface area contributed by atoms with Crippen LogP contribution in [-0.4, -0.2) is 23.4 Å². The van der Waals surface area contributed by atoms with Gasteiger partial charge >= 0.3 is 0 Å². The number of thiophene rings is 1. The molecule has 0 saturated carbocycles. The molecular formula is C18H22N2OS. The van der Waals surface area contributed by atoms with Gasteiger partial charge in [-0.05, 0) is 61.4 Å². The van der Waals surface area contributed by atoms with Crippen LogP contribution in [0.5, 0.6) is 0 Å². The molecule has 22 heavy (non-hydrogen) atoms. The van der Waals surface area contributed by atoms with Crippen molar-refractivity contribution in [3.63, 3.8) is 0 Å². The average Bonchev–Trinajstić information content (AvgIpc) is 2.97. The van der Waals surface area contributed by atoms with E-state index in [0.29, 0.717) is 0 Å². The molecule has 1 aliphatic heterocycles. The maximum absolute atomic E-state index is 12.6. The fourth-order valence-corrected chi connectivity index (χ4v) is 3.76. The first-order valence-electron chi connectivity index (χ1n) is 7.72. The van der Waals surface area contributed by atoms with Crippen LogP contribution in [0.25, 0.3) is 0 Å². The van der Waals surface area contributed by atoms with Gasteiger partial charge in [0.15, 0.2) is 0 Å². The Kier molecular flexibility index (Phi) is 4.32. The number of amides is 1. The summed E-state index contributed by atoms with van der Waals surface area (Å²) in [5.41, 5.74) is 4.56.